The van der Waals surface area contributed by atoms with Crippen LogP contribution in [0.2, 0.25) is 0 Å². The van der Waals surface area contributed by atoms with E-state index in [1.165, 1.54) is 12.1 Å². The number of ether oxygens (including phenoxy) is 1. The highest BCUT2D eigenvalue weighted by Crippen LogP contribution is 2.17. The maximum absolute atomic E-state index is 12.4. The Balaban J connectivity index is 1.53. The lowest BCUT2D eigenvalue weighted by molar-refractivity contribution is -0.120. The zero-order chi connectivity index (χ0) is 21.0. The van der Waals surface area contributed by atoms with Gasteiger partial charge in [-0.15, -0.1) is 0 Å². The van der Waals surface area contributed by atoms with Crippen LogP contribution >= 0.6 is 12.2 Å². The van der Waals surface area contributed by atoms with Gasteiger partial charge in [0.15, 0.2) is 5.11 Å². The monoisotopic (exact) mass is 417 g/mol. The van der Waals surface area contributed by atoms with Gasteiger partial charge < -0.3 is 15.4 Å². The van der Waals surface area contributed by atoms with Crippen molar-refractivity contribution in [3.05, 3.63) is 58.1 Å². The highest BCUT2D eigenvalue weighted by Gasteiger charge is 2.19. The first kappa shape index (κ1) is 20.9. The molecule has 1 atom stereocenters. The standard InChI is InChI=1S/C21H21F2N3O2S/c1-12-3-4-14-11-15(19(27)26-18(14)13(12)2)9-10-24-21(29)25-16-5-7-17(8-6-16)28-20(22)23/h3-8,11,15,20H,9-10H2,1-2H3,(H2,24,25,29). The third kappa shape index (κ3) is 5.35. The molecule has 0 fully saturated rings. The number of carbonyl (C=O) groups excluding carboxylic acids is 1. The van der Waals surface area contributed by atoms with Gasteiger partial charge in [-0.2, -0.15) is 8.78 Å². The van der Waals surface area contributed by atoms with E-state index in [0.717, 1.165) is 21.7 Å². The van der Waals surface area contributed by atoms with Gasteiger partial charge in [0.1, 0.15) is 5.75 Å². The first-order valence-electron chi connectivity index (χ1n) is 9.14. The van der Waals surface area contributed by atoms with Gasteiger partial charge in [-0.1, -0.05) is 18.2 Å². The van der Waals surface area contributed by atoms with Crippen LogP contribution in [-0.4, -0.2) is 24.2 Å². The summed E-state index contributed by atoms with van der Waals surface area (Å²) in [6.45, 7) is 1.60. The van der Waals surface area contributed by atoms with Crippen LogP contribution in [0, 0.1) is 19.8 Å². The predicted molar refractivity (Wildman–Crippen MR) is 112 cm³/mol. The molecule has 0 aliphatic carbocycles. The van der Waals surface area contributed by atoms with Gasteiger partial charge in [0.2, 0.25) is 0 Å². The highest BCUT2D eigenvalue weighted by atomic mass is 32.1. The van der Waals surface area contributed by atoms with E-state index in [1.54, 1.807) is 12.1 Å². The van der Waals surface area contributed by atoms with E-state index in [-0.39, 0.29) is 17.6 Å². The van der Waals surface area contributed by atoms with E-state index in [4.69, 9.17) is 12.2 Å². The minimum atomic E-state index is -2.86. The first-order chi connectivity index (χ1) is 13.8. The Bertz CT molecular complexity index is 1040. The van der Waals surface area contributed by atoms with Gasteiger partial charge in [-0.3, -0.25) is 4.79 Å². The fourth-order valence-corrected chi connectivity index (χ4v) is 3.25. The lowest BCUT2D eigenvalue weighted by Gasteiger charge is -2.15. The van der Waals surface area contributed by atoms with Crippen molar-refractivity contribution in [2.75, 3.05) is 11.9 Å². The zero-order valence-corrected chi connectivity index (χ0v) is 16.9. The van der Waals surface area contributed by atoms with Crippen molar-refractivity contribution in [1.82, 2.24) is 5.32 Å². The van der Waals surface area contributed by atoms with Crippen LogP contribution in [0.1, 0.15) is 17.5 Å². The van der Waals surface area contributed by atoms with Crippen LogP contribution in [0.4, 0.5) is 14.5 Å². The topological polar surface area (TPSA) is 62.7 Å². The second-order valence-electron chi connectivity index (χ2n) is 6.74. The Hall–Kier alpha value is -2.87. The summed E-state index contributed by atoms with van der Waals surface area (Å²) >= 11 is 5.24. The molecule has 1 aliphatic heterocycles. The molecule has 1 amide bonds. The Morgan fingerprint density at radius 1 is 1.21 bits per heavy atom. The minimum Gasteiger partial charge on any atom is -0.435 e. The molecule has 0 spiro atoms. The Morgan fingerprint density at radius 3 is 2.62 bits per heavy atom. The molecule has 1 unspecified atom stereocenters. The maximum Gasteiger partial charge on any atom is 0.387 e. The smallest absolute Gasteiger partial charge is 0.387 e. The van der Waals surface area contributed by atoms with Crippen LogP contribution in [0.15, 0.2) is 41.4 Å². The van der Waals surface area contributed by atoms with Crippen molar-refractivity contribution in [3.63, 3.8) is 0 Å². The Labute approximate surface area is 172 Å². The minimum absolute atomic E-state index is 0.0743. The summed E-state index contributed by atoms with van der Waals surface area (Å²) in [5.74, 6) is -0.377. The van der Waals surface area contributed by atoms with E-state index in [1.807, 2.05) is 32.1 Å². The average molecular weight is 417 g/mol. The lowest BCUT2D eigenvalue weighted by Crippen LogP contribution is -2.37. The number of nitrogens with zero attached hydrogens (tertiary/aromatic N) is 1. The van der Waals surface area contributed by atoms with Crippen LogP contribution in [0.3, 0.4) is 0 Å². The number of amides is 1. The van der Waals surface area contributed by atoms with Crippen LogP contribution in [0.25, 0.3) is 6.08 Å². The van der Waals surface area contributed by atoms with Gasteiger partial charge in [-0.25, -0.2) is 4.99 Å². The number of thiocarbonyl (C=S) groups is 1. The number of alkyl halides is 2. The van der Waals surface area contributed by atoms with Crippen molar-refractivity contribution in [2.45, 2.75) is 26.9 Å². The SMILES string of the molecule is Cc1ccc2c(c1C)=NC(=O)C(CCNC(=S)Nc1ccc(OC(F)F)cc1)C=2. The molecular formula is C21H21F2N3O2S. The molecule has 1 heterocycles. The number of anilines is 1. The quantitative estimate of drug-likeness (QED) is 0.708. The van der Waals surface area contributed by atoms with Gasteiger partial charge >= 0.3 is 6.61 Å². The molecule has 2 N–H and O–H groups in total. The molecule has 3 rings (SSSR count). The average Bonchev–Trinajstić information content (AvgIpc) is 2.67. The number of halogens is 2. The van der Waals surface area contributed by atoms with Gasteiger partial charge in [0.05, 0.1) is 11.3 Å². The number of aryl methyl sites for hydroxylation is 1. The summed E-state index contributed by atoms with van der Waals surface area (Å²) < 4.78 is 28.6. The molecule has 5 nitrogen and oxygen atoms in total. The second kappa shape index (κ2) is 9.09. The third-order valence-electron chi connectivity index (χ3n) is 4.73. The fraction of sp³-hybridized carbons (Fsp3) is 0.286. The summed E-state index contributed by atoms with van der Waals surface area (Å²) in [5, 5.41) is 8.12. The van der Waals surface area contributed by atoms with Gasteiger partial charge in [0, 0.05) is 12.2 Å². The number of nitrogens with one attached hydrogen (secondary N) is 2. The highest BCUT2D eigenvalue weighted by molar-refractivity contribution is 7.80. The molecule has 2 aromatic rings. The van der Waals surface area contributed by atoms with Gasteiger partial charge in [0.25, 0.3) is 5.91 Å². The van der Waals surface area contributed by atoms with E-state index in [0.29, 0.717) is 23.8 Å². The molecule has 8 heteroatoms. The van der Waals surface area contributed by atoms with Crippen molar-refractivity contribution < 1.29 is 18.3 Å². The number of fused-ring (bicyclic) bond motifs is 1. The van der Waals surface area contributed by atoms with Crippen LogP contribution < -0.4 is 25.9 Å². The van der Waals surface area contributed by atoms with Crippen LogP contribution in [-0.2, 0) is 4.79 Å². The van der Waals surface area contributed by atoms with Crippen molar-refractivity contribution in [3.8, 4) is 5.75 Å². The number of hydrogen-bond acceptors (Lipinski definition) is 3. The summed E-state index contributed by atoms with van der Waals surface area (Å²) in [5.41, 5.74) is 2.78. The van der Waals surface area contributed by atoms with E-state index in [2.05, 4.69) is 20.4 Å². The summed E-state index contributed by atoms with van der Waals surface area (Å²) in [4.78, 5) is 16.6. The molecular weight excluding hydrogens is 396 g/mol. The molecule has 2 aromatic carbocycles. The molecule has 29 heavy (non-hydrogen) atoms. The molecule has 0 radical (unpaired) electrons. The lowest BCUT2D eigenvalue weighted by atomic mass is 9.98. The molecule has 0 bridgehead atoms. The second-order valence-corrected chi connectivity index (χ2v) is 7.15. The predicted octanol–water partition coefficient (Wildman–Crippen LogP) is 2.84. The van der Waals surface area contributed by atoms with E-state index in [9.17, 15) is 13.6 Å². The zero-order valence-electron chi connectivity index (χ0n) is 16.0. The van der Waals surface area contributed by atoms with Crippen molar-refractivity contribution in [1.29, 1.82) is 0 Å². The van der Waals surface area contributed by atoms with Crippen molar-refractivity contribution in [2.24, 2.45) is 10.9 Å². The summed E-state index contributed by atoms with van der Waals surface area (Å²) in [7, 11) is 0. The number of rotatable bonds is 6. The summed E-state index contributed by atoms with van der Waals surface area (Å²) in [6, 6.07) is 10.0. The normalized spacial score (nSPS) is 15.2. The number of benzene rings is 2. The molecule has 0 saturated carbocycles. The molecule has 0 saturated heterocycles. The molecule has 1 aliphatic rings. The first-order valence-corrected chi connectivity index (χ1v) is 9.54. The Kier molecular flexibility index (Phi) is 6.53. The number of hydrogen-bond donors (Lipinski definition) is 2. The van der Waals surface area contributed by atoms with E-state index >= 15 is 0 Å². The maximum atomic E-state index is 12.4. The fourth-order valence-electron chi connectivity index (χ4n) is 3.03. The van der Waals surface area contributed by atoms with Crippen LogP contribution in [0.5, 0.6) is 5.75 Å². The largest absolute Gasteiger partial charge is 0.435 e. The van der Waals surface area contributed by atoms with Crippen molar-refractivity contribution >= 4 is 35.0 Å². The molecule has 0 aromatic heterocycles. The number of carbonyl (C=O) groups is 1. The summed E-state index contributed by atoms with van der Waals surface area (Å²) in [6.07, 6.45) is 2.51. The Morgan fingerprint density at radius 2 is 1.93 bits per heavy atom. The van der Waals surface area contributed by atoms with Gasteiger partial charge in [-0.05, 0) is 73.1 Å². The van der Waals surface area contributed by atoms with E-state index < -0.39 is 6.61 Å². The molecule has 152 valence electrons. The third-order valence-corrected chi connectivity index (χ3v) is 4.98.